The van der Waals surface area contributed by atoms with E-state index in [2.05, 4.69) is 19.3 Å². The summed E-state index contributed by atoms with van der Waals surface area (Å²) in [6, 6.07) is 5.22. The van der Waals surface area contributed by atoms with Crippen LogP contribution in [0.3, 0.4) is 0 Å². The molecule has 0 saturated carbocycles. The van der Waals surface area contributed by atoms with Crippen molar-refractivity contribution in [3.63, 3.8) is 0 Å². The molecule has 0 radical (unpaired) electrons. The van der Waals surface area contributed by atoms with E-state index in [1.807, 2.05) is 19.1 Å². The molecule has 3 N–H and O–H groups in total. The Morgan fingerprint density at radius 2 is 1.94 bits per heavy atom. The van der Waals surface area contributed by atoms with Gasteiger partial charge in [0, 0.05) is 11.6 Å². The number of hydrogen-bond donors (Lipinski definition) is 2. The van der Waals surface area contributed by atoms with E-state index < -0.39 is 0 Å². The van der Waals surface area contributed by atoms with Gasteiger partial charge in [-0.05, 0) is 30.9 Å². The Morgan fingerprint density at radius 3 is 2.41 bits per heavy atom. The summed E-state index contributed by atoms with van der Waals surface area (Å²) in [5.74, 6) is 5.97. The second-order valence-corrected chi connectivity index (χ2v) is 4.66. The van der Waals surface area contributed by atoms with Crippen LogP contribution in [0.2, 0.25) is 0 Å². The van der Waals surface area contributed by atoms with Crippen LogP contribution in [0, 0.1) is 18.7 Å². The lowest BCUT2D eigenvalue weighted by atomic mass is 9.91. The van der Waals surface area contributed by atoms with E-state index in [0.29, 0.717) is 11.5 Å². The van der Waals surface area contributed by atoms with Gasteiger partial charge in [-0.25, -0.2) is 4.39 Å². The van der Waals surface area contributed by atoms with Gasteiger partial charge < -0.3 is 0 Å². The lowest BCUT2D eigenvalue weighted by Gasteiger charge is -2.22. The predicted octanol–water partition coefficient (Wildman–Crippen LogP) is 3.46. The summed E-state index contributed by atoms with van der Waals surface area (Å²) in [5.41, 5.74) is 4.34. The standard InChI is InChI=1S/C14H23FN2/c1-4-11(5-2)9-14(17-16)12-7-6-10(3)8-13(12)15/h6-8,11,14,17H,4-5,9,16H2,1-3H3. The third kappa shape index (κ3) is 3.79. The Hall–Kier alpha value is -0.930. The van der Waals surface area contributed by atoms with Gasteiger partial charge in [-0.2, -0.15) is 0 Å². The van der Waals surface area contributed by atoms with Crippen LogP contribution in [-0.4, -0.2) is 0 Å². The van der Waals surface area contributed by atoms with Crippen LogP contribution in [0.5, 0.6) is 0 Å². The van der Waals surface area contributed by atoms with Crippen LogP contribution in [0.4, 0.5) is 4.39 Å². The fourth-order valence-corrected chi connectivity index (χ4v) is 2.15. The van der Waals surface area contributed by atoms with E-state index in [1.165, 1.54) is 0 Å². The van der Waals surface area contributed by atoms with E-state index >= 15 is 0 Å². The van der Waals surface area contributed by atoms with Gasteiger partial charge in [-0.3, -0.25) is 11.3 Å². The normalized spacial score (nSPS) is 13.1. The quantitative estimate of drug-likeness (QED) is 0.588. The monoisotopic (exact) mass is 238 g/mol. The highest BCUT2D eigenvalue weighted by molar-refractivity contribution is 5.26. The van der Waals surface area contributed by atoms with Crippen molar-refractivity contribution >= 4 is 0 Å². The fourth-order valence-electron chi connectivity index (χ4n) is 2.15. The first-order valence-electron chi connectivity index (χ1n) is 6.34. The average molecular weight is 238 g/mol. The molecule has 0 aliphatic heterocycles. The number of benzene rings is 1. The topological polar surface area (TPSA) is 38.0 Å². The van der Waals surface area contributed by atoms with E-state index in [-0.39, 0.29) is 11.9 Å². The van der Waals surface area contributed by atoms with Gasteiger partial charge in [0.15, 0.2) is 0 Å². The molecule has 0 aromatic heterocycles. The molecule has 0 fully saturated rings. The molecule has 1 rings (SSSR count). The maximum Gasteiger partial charge on any atom is 0.128 e. The fraction of sp³-hybridized carbons (Fsp3) is 0.571. The molecule has 0 heterocycles. The highest BCUT2D eigenvalue weighted by Gasteiger charge is 2.17. The summed E-state index contributed by atoms with van der Waals surface area (Å²) in [7, 11) is 0. The molecule has 0 spiro atoms. The molecule has 0 bridgehead atoms. The van der Waals surface area contributed by atoms with Gasteiger partial charge in [0.2, 0.25) is 0 Å². The van der Waals surface area contributed by atoms with Gasteiger partial charge in [0.25, 0.3) is 0 Å². The molecule has 1 atom stereocenters. The molecule has 1 aromatic carbocycles. The van der Waals surface area contributed by atoms with Crippen LogP contribution >= 0.6 is 0 Å². The smallest absolute Gasteiger partial charge is 0.128 e. The number of aryl methyl sites for hydroxylation is 1. The lowest BCUT2D eigenvalue weighted by Crippen LogP contribution is -2.30. The maximum absolute atomic E-state index is 13.9. The molecule has 0 aliphatic rings. The molecule has 0 amide bonds. The third-order valence-corrected chi connectivity index (χ3v) is 3.46. The van der Waals surface area contributed by atoms with E-state index in [4.69, 9.17) is 5.84 Å². The molecule has 1 unspecified atom stereocenters. The van der Waals surface area contributed by atoms with Gasteiger partial charge in [-0.15, -0.1) is 0 Å². The number of hydrogen-bond acceptors (Lipinski definition) is 2. The van der Waals surface area contributed by atoms with Gasteiger partial charge in [0.1, 0.15) is 5.82 Å². The Morgan fingerprint density at radius 1 is 1.29 bits per heavy atom. The summed E-state index contributed by atoms with van der Waals surface area (Å²) in [6.45, 7) is 6.21. The first-order valence-corrected chi connectivity index (χ1v) is 6.34. The van der Waals surface area contributed by atoms with E-state index in [0.717, 1.165) is 24.8 Å². The van der Waals surface area contributed by atoms with Crippen LogP contribution in [0.15, 0.2) is 18.2 Å². The highest BCUT2D eigenvalue weighted by Crippen LogP contribution is 2.26. The summed E-state index contributed by atoms with van der Waals surface area (Å²) < 4.78 is 13.9. The number of halogens is 1. The van der Waals surface area contributed by atoms with Crippen molar-refractivity contribution in [1.29, 1.82) is 0 Å². The van der Waals surface area contributed by atoms with Crippen LogP contribution in [0.1, 0.15) is 50.3 Å². The summed E-state index contributed by atoms with van der Waals surface area (Å²) in [4.78, 5) is 0. The second kappa shape index (κ2) is 6.72. The zero-order valence-electron chi connectivity index (χ0n) is 11.0. The summed E-state index contributed by atoms with van der Waals surface area (Å²) in [5, 5.41) is 0. The second-order valence-electron chi connectivity index (χ2n) is 4.66. The van der Waals surface area contributed by atoms with E-state index in [1.54, 1.807) is 6.07 Å². The summed E-state index contributed by atoms with van der Waals surface area (Å²) in [6.07, 6.45) is 3.08. The third-order valence-electron chi connectivity index (χ3n) is 3.46. The Kier molecular flexibility index (Phi) is 5.59. The highest BCUT2D eigenvalue weighted by atomic mass is 19.1. The zero-order chi connectivity index (χ0) is 12.8. The van der Waals surface area contributed by atoms with Crippen LogP contribution in [-0.2, 0) is 0 Å². The SMILES string of the molecule is CCC(CC)CC(NN)c1ccc(C)cc1F. The predicted molar refractivity (Wildman–Crippen MR) is 69.9 cm³/mol. The summed E-state index contributed by atoms with van der Waals surface area (Å²) >= 11 is 0. The van der Waals surface area contributed by atoms with E-state index in [9.17, 15) is 4.39 Å². The minimum atomic E-state index is -0.168. The molecular weight excluding hydrogens is 215 g/mol. The Bertz CT molecular complexity index is 348. The number of rotatable bonds is 6. The van der Waals surface area contributed by atoms with Gasteiger partial charge in [-0.1, -0.05) is 38.8 Å². The van der Waals surface area contributed by atoms with Crippen molar-refractivity contribution in [2.45, 2.75) is 46.1 Å². The first-order chi connectivity index (χ1) is 8.12. The van der Waals surface area contributed by atoms with Crippen molar-refractivity contribution in [2.75, 3.05) is 0 Å². The number of hydrazine groups is 1. The molecule has 96 valence electrons. The molecular formula is C14H23FN2. The van der Waals surface area contributed by atoms with Crippen molar-refractivity contribution in [1.82, 2.24) is 5.43 Å². The largest absolute Gasteiger partial charge is 0.271 e. The maximum atomic E-state index is 13.9. The number of nitrogens with two attached hydrogens (primary N) is 1. The van der Waals surface area contributed by atoms with Crippen molar-refractivity contribution < 1.29 is 4.39 Å². The Labute approximate surface area is 103 Å². The van der Waals surface area contributed by atoms with Gasteiger partial charge >= 0.3 is 0 Å². The molecule has 17 heavy (non-hydrogen) atoms. The van der Waals surface area contributed by atoms with Crippen molar-refractivity contribution in [3.8, 4) is 0 Å². The van der Waals surface area contributed by atoms with Crippen LogP contribution < -0.4 is 11.3 Å². The number of nitrogens with one attached hydrogen (secondary N) is 1. The van der Waals surface area contributed by atoms with Crippen molar-refractivity contribution in [3.05, 3.63) is 35.1 Å². The first kappa shape index (κ1) is 14.1. The molecule has 0 saturated heterocycles. The zero-order valence-corrected chi connectivity index (χ0v) is 11.0. The molecule has 2 nitrogen and oxygen atoms in total. The van der Waals surface area contributed by atoms with Crippen molar-refractivity contribution in [2.24, 2.45) is 11.8 Å². The minimum Gasteiger partial charge on any atom is -0.271 e. The molecule has 1 aromatic rings. The minimum absolute atomic E-state index is 0.0968. The molecule has 0 aliphatic carbocycles. The Balaban J connectivity index is 2.85. The van der Waals surface area contributed by atoms with Gasteiger partial charge in [0.05, 0.1) is 0 Å². The molecule has 3 heteroatoms. The average Bonchev–Trinajstić information content (AvgIpc) is 2.32. The van der Waals surface area contributed by atoms with Crippen LogP contribution in [0.25, 0.3) is 0 Å². The lowest BCUT2D eigenvalue weighted by molar-refractivity contribution is 0.367.